The molecule has 25 heavy (non-hydrogen) atoms. The monoisotopic (exact) mass is 349 g/mol. The zero-order chi connectivity index (χ0) is 18.2. The van der Waals surface area contributed by atoms with E-state index < -0.39 is 29.2 Å². The third-order valence-electron chi connectivity index (χ3n) is 5.11. The van der Waals surface area contributed by atoms with E-state index in [0.717, 1.165) is 0 Å². The lowest BCUT2D eigenvalue weighted by Gasteiger charge is -2.24. The zero-order valence-electron chi connectivity index (χ0n) is 13.9. The normalized spacial score (nSPS) is 25.2. The van der Waals surface area contributed by atoms with E-state index in [0.29, 0.717) is 12.1 Å². The average Bonchev–Trinajstić information content (AvgIpc) is 3.10. The molecule has 8 heteroatoms. The lowest BCUT2D eigenvalue weighted by Crippen LogP contribution is -2.44. The lowest BCUT2D eigenvalue weighted by molar-refractivity contribution is -0.149. The molecule has 3 rings (SSSR count). The van der Waals surface area contributed by atoms with Crippen LogP contribution in [0, 0.1) is 17.2 Å². The zero-order valence-corrected chi connectivity index (χ0v) is 13.9. The summed E-state index contributed by atoms with van der Waals surface area (Å²) in [6.45, 7) is 2.39. The number of nitrogens with zero attached hydrogens (tertiary/aromatic N) is 2. The van der Waals surface area contributed by atoms with Gasteiger partial charge in [0.2, 0.25) is 5.91 Å². The molecule has 134 valence electrons. The first kappa shape index (κ1) is 17.2. The molecule has 2 aliphatic heterocycles. The van der Waals surface area contributed by atoms with Gasteiger partial charge in [0.25, 0.3) is 0 Å². The number of halogens is 1. The van der Waals surface area contributed by atoms with Crippen molar-refractivity contribution in [3.8, 4) is 0 Å². The first-order valence-electron chi connectivity index (χ1n) is 8.17. The van der Waals surface area contributed by atoms with Gasteiger partial charge in [0.15, 0.2) is 0 Å². The fraction of sp³-hybridized carbons (Fsp3) is 0.471. The van der Waals surface area contributed by atoms with E-state index >= 15 is 0 Å². The molecule has 1 aromatic carbocycles. The first-order chi connectivity index (χ1) is 11.9. The Labute approximate surface area is 144 Å². The van der Waals surface area contributed by atoms with Crippen molar-refractivity contribution in [3.05, 3.63) is 35.6 Å². The largest absolute Gasteiger partial charge is 0.481 e. The van der Waals surface area contributed by atoms with Crippen LogP contribution in [0.15, 0.2) is 24.3 Å². The number of carbonyl (C=O) groups excluding carboxylic acids is 2. The number of fused-ring (bicyclic) bond motifs is 1. The van der Waals surface area contributed by atoms with Crippen molar-refractivity contribution in [2.75, 3.05) is 26.2 Å². The van der Waals surface area contributed by atoms with E-state index in [-0.39, 0.29) is 32.1 Å². The van der Waals surface area contributed by atoms with E-state index in [1.165, 1.54) is 15.9 Å². The molecule has 2 atom stereocenters. The van der Waals surface area contributed by atoms with Crippen LogP contribution in [-0.2, 0) is 16.1 Å². The summed E-state index contributed by atoms with van der Waals surface area (Å²) in [5, 5.41) is 12.3. The van der Waals surface area contributed by atoms with Gasteiger partial charge in [-0.3, -0.25) is 9.59 Å². The number of nitrogens with one attached hydrogen (secondary N) is 1. The first-order valence-corrected chi connectivity index (χ1v) is 8.17. The highest BCUT2D eigenvalue weighted by Gasteiger charge is 2.62. The standard InChI is InChI=1S/C17H20FN3O4/c1-2-20-9-17(15(23)24)10-21(8-12(17)14(20)22)16(25)19-7-11-5-3-4-6-13(11)18/h3-6,12H,2,7-10H2,1H3,(H,19,25)(H,23,24)/t12-,17+/m1/s1. The maximum absolute atomic E-state index is 13.6. The van der Waals surface area contributed by atoms with Gasteiger partial charge in [-0.2, -0.15) is 0 Å². The van der Waals surface area contributed by atoms with Gasteiger partial charge in [-0.05, 0) is 13.0 Å². The second-order valence-electron chi connectivity index (χ2n) is 6.50. The minimum Gasteiger partial charge on any atom is -0.481 e. The van der Waals surface area contributed by atoms with Crippen LogP contribution in [0.4, 0.5) is 9.18 Å². The number of urea groups is 1. The molecule has 3 amide bonds. The molecule has 0 unspecified atom stereocenters. The molecule has 1 aromatic rings. The van der Waals surface area contributed by atoms with Crippen molar-refractivity contribution >= 4 is 17.9 Å². The molecule has 0 spiro atoms. The van der Waals surface area contributed by atoms with Crippen molar-refractivity contribution < 1.29 is 23.9 Å². The van der Waals surface area contributed by atoms with Gasteiger partial charge in [0.05, 0.1) is 5.92 Å². The molecule has 0 radical (unpaired) electrons. The number of aliphatic carboxylic acids is 1. The van der Waals surface area contributed by atoms with Gasteiger partial charge in [-0.15, -0.1) is 0 Å². The predicted octanol–water partition coefficient (Wildman–Crippen LogP) is 0.900. The maximum Gasteiger partial charge on any atom is 0.317 e. The Bertz CT molecular complexity index is 726. The van der Waals surface area contributed by atoms with Gasteiger partial charge < -0.3 is 20.2 Å². The van der Waals surface area contributed by atoms with Gasteiger partial charge in [-0.25, -0.2) is 9.18 Å². The molecule has 2 aliphatic rings. The van der Waals surface area contributed by atoms with Crippen molar-refractivity contribution in [2.24, 2.45) is 11.3 Å². The van der Waals surface area contributed by atoms with Gasteiger partial charge in [0.1, 0.15) is 11.2 Å². The third-order valence-corrected chi connectivity index (χ3v) is 5.11. The SMILES string of the molecule is CCN1C[C@]2(C(=O)O)CN(C(=O)NCc3ccccc3F)C[C@@H]2C1=O. The number of carbonyl (C=O) groups is 3. The average molecular weight is 349 g/mol. The summed E-state index contributed by atoms with van der Waals surface area (Å²) < 4.78 is 13.6. The summed E-state index contributed by atoms with van der Waals surface area (Å²) in [5.41, 5.74) is -0.918. The van der Waals surface area contributed by atoms with Crippen LogP contribution in [0.5, 0.6) is 0 Å². The van der Waals surface area contributed by atoms with Crippen LogP contribution < -0.4 is 5.32 Å². The molecule has 0 bridgehead atoms. The Hall–Kier alpha value is -2.64. The van der Waals surface area contributed by atoms with Crippen LogP contribution >= 0.6 is 0 Å². The molecule has 2 fully saturated rings. The smallest absolute Gasteiger partial charge is 0.317 e. The van der Waals surface area contributed by atoms with Crippen LogP contribution in [0.25, 0.3) is 0 Å². The molecular weight excluding hydrogens is 329 g/mol. The van der Waals surface area contributed by atoms with Crippen LogP contribution in [0.3, 0.4) is 0 Å². The highest BCUT2D eigenvalue weighted by Crippen LogP contribution is 2.43. The quantitative estimate of drug-likeness (QED) is 0.845. The molecule has 2 saturated heterocycles. The Kier molecular flexibility index (Phi) is 4.36. The highest BCUT2D eigenvalue weighted by molar-refractivity contribution is 5.93. The van der Waals surface area contributed by atoms with Crippen LogP contribution in [-0.4, -0.2) is 59.0 Å². The second kappa shape index (κ2) is 6.34. The van der Waals surface area contributed by atoms with E-state index in [9.17, 15) is 23.9 Å². The summed E-state index contributed by atoms with van der Waals surface area (Å²) >= 11 is 0. The van der Waals surface area contributed by atoms with E-state index in [1.54, 1.807) is 25.1 Å². The van der Waals surface area contributed by atoms with Crippen molar-refractivity contribution in [2.45, 2.75) is 13.5 Å². The number of carboxylic acids is 1. The molecule has 0 aromatic heterocycles. The molecule has 2 heterocycles. The van der Waals surface area contributed by atoms with Crippen molar-refractivity contribution in [1.29, 1.82) is 0 Å². The number of carboxylic acid groups (broad SMARTS) is 1. The Morgan fingerprint density at radius 2 is 2.08 bits per heavy atom. The Morgan fingerprint density at radius 1 is 1.36 bits per heavy atom. The highest BCUT2D eigenvalue weighted by atomic mass is 19.1. The van der Waals surface area contributed by atoms with E-state index in [2.05, 4.69) is 5.32 Å². The van der Waals surface area contributed by atoms with E-state index in [4.69, 9.17) is 0 Å². The minimum absolute atomic E-state index is 0.00176. The van der Waals surface area contributed by atoms with Crippen LogP contribution in [0.1, 0.15) is 12.5 Å². The number of benzene rings is 1. The summed E-state index contributed by atoms with van der Waals surface area (Å²) in [6.07, 6.45) is 0. The number of rotatable bonds is 4. The van der Waals surface area contributed by atoms with Crippen LogP contribution in [0.2, 0.25) is 0 Å². The topological polar surface area (TPSA) is 90.0 Å². The third kappa shape index (κ3) is 2.81. The molecule has 7 nitrogen and oxygen atoms in total. The number of amides is 3. The Balaban J connectivity index is 1.69. The van der Waals surface area contributed by atoms with Crippen molar-refractivity contribution in [3.63, 3.8) is 0 Å². The number of likely N-dealkylation sites (tertiary alicyclic amines) is 2. The molecule has 0 saturated carbocycles. The van der Waals surface area contributed by atoms with Crippen molar-refractivity contribution in [1.82, 2.24) is 15.1 Å². The fourth-order valence-electron chi connectivity index (χ4n) is 3.66. The van der Waals surface area contributed by atoms with E-state index in [1.807, 2.05) is 0 Å². The number of hydrogen-bond donors (Lipinski definition) is 2. The fourth-order valence-corrected chi connectivity index (χ4v) is 3.66. The molecule has 2 N–H and O–H groups in total. The minimum atomic E-state index is -1.26. The second-order valence-corrected chi connectivity index (χ2v) is 6.50. The summed E-state index contributed by atoms with van der Waals surface area (Å²) in [7, 11) is 0. The molecular formula is C17H20FN3O4. The summed E-state index contributed by atoms with van der Waals surface area (Å²) in [5.74, 6) is -2.44. The predicted molar refractivity (Wildman–Crippen MR) is 86.0 cm³/mol. The maximum atomic E-state index is 13.6. The molecule has 0 aliphatic carbocycles. The van der Waals surface area contributed by atoms with Gasteiger partial charge in [-0.1, -0.05) is 18.2 Å². The van der Waals surface area contributed by atoms with Gasteiger partial charge in [0, 0.05) is 38.3 Å². The summed E-state index contributed by atoms with van der Waals surface area (Å²) in [6, 6.07) is 5.61. The lowest BCUT2D eigenvalue weighted by atomic mass is 9.81. The van der Waals surface area contributed by atoms with Gasteiger partial charge >= 0.3 is 12.0 Å². The Morgan fingerprint density at radius 3 is 2.68 bits per heavy atom. The number of hydrogen-bond acceptors (Lipinski definition) is 3. The summed E-state index contributed by atoms with van der Waals surface area (Å²) in [4.78, 5) is 39.4.